The van der Waals surface area contributed by atoms with Gasteiger partial charge in [-0.25, -0.2) is 0 Å². The van der Waals surface area contributed by atoms with E-state index in [4.69, 9.17) is 14.5 Å². The van der Waals surface area contributed by atoms with Crippen molar-refractivity contribution in [1.29, 1.82) is 0 Å². The van der Waals surface area contributed by atoms with Crippen LogP contribution in [0.3, 0.4) is 0 Å². The number of nitrogens with zero attached hydrogens (tertiary/aromatic N) is 3. The maximum atomic E-state index is 5.42. The van der Waals surface area contributed by atoms with Crippen molar-refractivity contribution in [2.75, 3.05) is 14.2 Å². The average Bonchev–Trinajstić information content (AvgIpc) is 1.72. The van der Waals surface area contributed by atoms with E-state index in [9.17, 15) is 0 Å². The molecule has 4 heterocycles. The van der Waals surface area contributed by atoms with Crippen LogP contribution in [0.15, 0.2) is 358 Å². The van der Waals surface area contributed by atoms with Gasteiger partial charge >= 0.3 is 25.8 Å². The molecule has 0 unspecified atom stereocenters. The van der Waals surface area contributed by atoms with Crippen LogP contribution in [0.1, 0.15) is 144 Å². The summed E-state index contributed by atoms with van der Waals surface area (Å²) < 4.78 is 10.8. The van der Waals surface area contributed by atoms with Crippen molar-refractivity contribution >= 4 is 43.1 Å². The summed E-state index contributed by atoms with van der Waals surface area (Å²) >= 11 is 0. The fourth-order valence-electron chi connectivity index (χ4n) is 12.7. The molecule has 1 N–H and O–H groups in total. The number of benzene rings is 13. The third-order valence-electron chi connectivity index (χ3n) is 19.6. The molecule has 0 fully saturated rings. The maximum Gasteiger partial charge on any atom is 4.00 e. The Kier molecular flexibility index (Phi) is 36.7. The van der Waals surface area contributed by atoms with Gasteiger partial charge in [0.15, 0.2) is 0 Å². The van der Waals surface area contributed by atoms with Gasteiger partial charge in [-0.1, -0.05) is 198 Å². The standard InChI is InChI=1S/C32H34N2O.C32H33N2O.7C7H7.2Hf/c2*1-31(2,3)22-10-8-20-16-21-9-11-23(32(4,5)6)18-26(21)30(25(20)17-22)28-13-12-27(34-28)29-19-24(35-7)14-15-33-29;7*1-7-5-3-2-4-6-7;;/h8-19,34H,1-7H3;8-19H,1-7H3;7*2-6H,1H2;;/q;8*-1;;+4. The molecule has 612 valence electrons. The van der Waals surface area contributed by atoms with Crippen LogP contribution in [-0.4, -0.2) is 29.2 Å². The minimum atomic E-state index is 0. The SMILES string of the molecule is COc1ccnc(-c2ccc(-c3c4cc(C(C)(C)C)ccc4cc4ccc(C(C)(C)C)cc34)[n-]2)c1.COc1ccnc(-c2ccc(-c3c4cc(C(C)(C)C)ccc4cc4ccc(C(C)(C)C)cc34)[nH]2)c1.[CH2-]c1ccccc1.[CH2-]c1ccccc1.[CH2-]c1ccccc1.[CH2-]c1ccccc1.[CH2-]c1ccccc1.[CH2-]c1ccccc1.[CH2-]c1ccccc1.[Hf+4].[Hf]. The molecule has 13 aromatic carbocycles. The van der Waals surface area contributed by atoms with E-state index in [0.29, 0.717) is 0 Å². The quantitative estimate of drug-likeness (QED) is 0.102. The van der Waals surface area contributed by atoms with Gasteiger partial charge in [-0.05, 0) is 141 Å². The number of nitrogens with one attached hydrogen (secondary N) is 1. The number of methoxy groups -OCH3 is 2. The zero-order chi connectivity index (χ0) is 85.7. The van der Waals surface area contributed by atoms with E-state index in [1.165, 1.54) is 76.5 Å². The fraction of sp³-hybridized carbons (Fsp3) is 0.159. The number of H-pyrrole nitrogens is 1. The molecule has 0 aliphatic carbocycles. The second-order valence-electron chi connectivity index (χ2n) is 33.3. The molecule has 8 heteroatoms. The van der Waals surface area contributed by atoms with Gasteiger partial charge in [-0.2, -0.15) is 172 Å². The Labute approximate surface area is 761 Å². The van der Waals surface area contributed by atoms with Crippen molar-refractivity contribution in [1.82, 2.24) is 19.9 Å². The molecule has 6 nitrogen and oxygen atoms in total. The van der Waals surface area contributed by atoms with Crippen LogP contribution in [0.4, 0.5) is 0 Å². The van der Waals surface area contributed by atoms with Crippen molar-refractivity contribution < 1.29 is 61.2 Å². The summed E-state index contributed by atoms with van der Waals surface area (Å²) in [5.41, 5.74) is 21.0. The van der Waals surface area contributed by atoms with Crippen LogP contribution in [0.5, 0.6) is 11.5 Å². The third kappa shape index (κ3) is 29.8. The number of hydrogen-bond acceptors (Lipinski definition) is 4. The molecule has 0 spiro atoms. The number of rotatable bonds is 6. The predicted octanol–water partition coefficient (Wildman–Crippen LogP) is 30.0. The van der Waals surface area contributed by atoms with Crippen molar-refractivity contribution in [3.05, 3.63) is 468 Å². The largest absolute Gasteiger partial charge is 4.00 e. The molecule has 0 radical (unpaired) electrons. The van der Waals surface area contributed by atoms with E-state index in [0.717, 1.165) is 84.6 Å². The Morgan fingerprint density at radius 1 is 0.264 bits per heavy atom. The zero-order valence-corrected chi connectivity index (χ0v) is 80.4. The molecule has 0 aliphatic rings. The van der Waals surface area contributed by atoms with Crippen molar-refractivity contribution in [3.63, 3.8) is 0 Å². The second-order valence-corrected chi connectivity index (χ2v) is 33.3. The Balaban J connectivity index is 0.000000212. The van der Waals surface area contributed by atoms with Gasteiger partial charge < -0.3 is 19.4 Å². The van der Waals surface area contributed by atoms with E-state index in [1.54, 1.807) is 26.6 Å². The predicted molar refractivity (Wildman–Crippen MR) is 512 cm³/mol. The van der Waals surface area contributed by atoms with Gasteiger partial charge in [-0.15, -0.1) is 96.3 Å². The van der Waals surface area contributed by atoms with E-state index >= 15 is 0 Å². The van der Waals surface area contributed by atoms with Crippen LogP contribution >= 0.6 is 0 Å². The Hall–Kier alpha value is -11.8. The van der Waals surface area contributed by atoms with E-state index < -0.39 is 0 Å². The van der Waals surface area contributed by atoms with Crippen LogP contribution in [0, 0.1) is 48.5 Å². The van der Waals surface area contributed by atoms with Crippen LogP contribution < -0.4 is 14.5 Å². The minimum Gasteiger partial charge on any atom is -0.656 e. The van der Waals surface area contributed by atoms with Gasteiger partial charge in [0, 0.05) is 61.6 Å². The zero-order valence-electron chi connectivity index (χ0n) is 73.2. The fourth-order valence-corrected chi connectivity index (χ4v) is 12.7. The first-order chi connectivity index (χ1) is 56.8. The number of ether oxygens (including phenoxy) is 2. The first kappa shape index (κ1) is 96.3. The van der Waals surface area contributed by atoms with E-state index in [2.05, 4.69) is 256 Å². The van der Waals surface area contributed by atoms with Crippen molar-refractivity contribution in [2.24, 2.45) is 0 Å². The number of pyridine rings is 2. The smallest absolute Gasteiger partial charge is 0.656 e. The number of fused-ring (bicyclic) bond motifs is 4. The number of hydrogen-bond donors (Lipinski definition) is 1. The summed E-state index contributed by atoms with van der Waals surface area (Å²) in [7, 11) is 3.35. The topological polar surface area (TPSA) is 74.1 Å². The maximum absolute atomic E-state index is 5.42. The molecule has 0 bridgehead atoms. The van der Waals surface area contributed by atoms with Gasteiger partial charge in [0.25, 0.3) is 0 Å². The molecule has 0 amide bonds. The summed E-state index contributed by atoms with van der Waals surface area (Å²) in [5.74, 6) is 1.58. The van der Waals surface area contributed by atoms with Gasteiger partial charge in [0.2, 0.25) is 0 Å². The third-order valence-corrected chi connectivity index (χ3v) is 19.6. The molecule has 0 aliphatic heterocycles. The molecule has 17 rings (SSSR count). The minimum absolute atomic E-state index is 0. The van der Waals surface area contributed by atoms with E-state index in [1.807, 2.05) is 237 Å². The molecule has 0 atom stereocenters. The molecule has 17 aromatic rings. The van der Waals surface area contributed by atoms with Crippen molar-refractivity contribution in [2.45, 2.75) is 105 Å². The van der Waals surface area contributed by atoms with Crippen LogP contribution in [0.25, 0.3) is 88.4 Å². The Bertz CT molecular complexity index is 5170. The van der Waals surface area contributed by atoms with Gasteiger partial charge in [0.1, 0.15) is 11.5 Å². The summed E-state index contributed by atoms with van der Waals surface area (Å²) in [6.07, 6.45) is 3.55. The first-order valence-corrected chi connectivity index (χ1v) is 40.3. The summed E-state index contributed by atoms with van der Waals surface area (Å²) in [6, 6.07) is 117. The molecule has 121 heavy (non-hydrogen) atoms. The van der Waals surface area contributed by atoms with Crippen LogP contribution in [-0.2, 0) is 73.3 Å². The summed E-state index contributed by atoms with van der Waals surface area (Å²) in [5, 5.41) is 9.96. The van der Waals surface area contributed by atoms with Crippen molar-refractivity contribution in [3.8, 4) is 56.8 Å². The summed E-state index contributed by atoms with van der Waals surface area (Å²) in [4.78, 5) is 17.9. The average molecular weight is 1920 g/mol. The van der Waals surface area contributed by atoms with Gasteiger partial charge in [-0.3, -0.25) is 9.97 Å². The Morgan fingerprint density at radius 3 is 0.769 bits per heavy atom. The van der Waals surface area contributed by atoms with Gasteiger partial charge in [0.05, 0.1) is 31.3 Å². The molecular formula is C113H116Hf2N4O2-4. The van der Waals surface area contributed by atoms with E-state index in [-0.39, 0.29) is 73.3 Å². The second kappa shape index (κ2) is 46.1. The molecule has 0 saturated heterocycles. The van der Waals surface area contributed by atoms with Crippen LogP contribution in [0.2, 0.25) is 0 Å². The summed E-state index contributed by atoms with van der Waals surface area (Å²) in [6.45, 7) is 53.3. The number of aromatic nitrogens is 4. The molecule has 0 saturated carbocycles. The molecular weight excluding hydrogens is 1800 g/mol. The molecule has 4 aromatic heterocycles. The first-order valence-electron chi connectivity index (χ1n) is 40.3. The monoisotopic (exact) mass is 1920 g/mol. The number of aromatic amines is 1. The normalized spacial score (nSPS) is 10.7. The Morgan fingerprint density at radius 2 is 0.512 bits per heavy atom.